The van der Waals surface area contributed by atoms with E-state index in [0.29, 0.717) is 0 Å². The van der Waals surface area contributed by atoms with E-state index in [1.807, 2.05) is 0 Å². The maximum absolute atomic E-state index is 3.36. The molecule has 0 bridgehead atoms. The van der Waals surface area contributed by atoms with Gasteiger partial charge in [-0.15, -0.1) is 31.2 Å². The summed E-state index contributed by atoms with van der Waals surface area (Å²) in [4.78, 5) is 0. The van der Waals surface area contributed by atoms with Crippen LogP contribution >= 0.6 is 24.8 Å². The summed E-state index contributed by atoms with van der Waals surface area (Å²) in [6, 6.07) is 0. The number of halogens is 2. The Morgan fingerprint density at radius 2 is 1.69 bits per heavy atom. The summed E-state index contributed by atoms with van der Waals surface area (Å²) >= 11 is 0. The van der Waals surface area contributed by atoms with Crippen molar-refractivity contribution in [2.75, 3.05) is 0 Å². The molecule has 0 nitrogen and oxygen atoms in total. The van der Waals surface area contributed by atoms with Gasteiger partial charge in [0.05, 0.1) is 0 Å². The van der Waals surface area contributed by atoms with Gasteiger partial charge >= 0.3 is 0 Å². The summed E-state index contributed by atoms with van der Waals surface area (Å²) in [7, 11) is 0. The van der Waals surface area contributed by atoms with Crippen molar-refractivity contribution in [1.82, 2.24) is 0 Å². The van der Waals surface area contributed by atoms with Crippen LogP contribution in [0.25, 0.3) is 0 Å². The number of allylic oxidation sites excluding steroid dienone is 4. The van der Waals surface area contributed by atoms with E-state index in [1.54, 1.807) is 0 Å². The number of rotatable bonds is 7. The van der Waals surface area contributed by atoms with E-state index >= 15 is 0 Å². The van der Waals surface area contributed by atoms with Crippen molar-refractivity contribution in [3.63, 3.8) is 0 Å². The first-order valence-corrected chi connectivity index (χ1v) is 5.69. The fourth-order valence-electron chi connectivity index (χ4n) is 1.72. The Bertz CT molecular complexity index is 188. The van der Waals surface area contributed by atoms with Gasteiger partial charge in [-0.1, -0.05) is 51.9 Å². The molecule has 0 spiro atoms. The van der Waals surface area contributed by atoms with E-state index in [-0.39, 0.29) is 51.0 Å². The van der Waals surface area contributed by atoms with Crippen molar-refractivity contribution < 1.29 is 26.2 Å². The Morgan fingerprint density at radius 3 is 2.25 bits per heavy atom. The molecule has 94 valence electrons. The Balaban J connectivity index is -0.000000563. The standard InChI is InChI=1S/C13H21.2ClH.Zr/c1-2-3-4-5-6-7-10-13-11-8-9-12-13;;;/h8,11H,2-7,9-10H2,1H3;2*1H;/q-1;;;. The molecular weight excluding hydrogens is 318 g/mol. The summed E-state index contributed by atoms with van der Waals surface area (Å²) in [5.41, 5.74) is 1.44. The topological polar surface area (TPSA) is 0 Å². The fourth-order valence-corrected chi connectivity index (χ4v) is 1.72. The SMILES string of the molecule is CCCCCCCCC1=[C-]CC=C1.Cl.Cl.[Zr]. The quantitative estimate of drug-likeness (QED) is 0.437. The van der Waals surface area contributed by atoms with Gasteiger partial charge in [0.25, 0.3) is 0 Å². The molecule has 1 aliphatic rings. The predicted octanol–water partition coefficient (Wildman–Crippen LogP) is 5.27. The molecule has 0 heterocycles. The summed E-state index contributed by atoms with van der Waals surface area (Å²) < 4.78 is 0. The van der Waals surface area contributed by atoms with E-state index in [1.165, 1.54) is 50.5 Å². The van der Waals surface area contributed by atoms with Gasteiger partial charge in [0.15, 0.2) is 0 Å². The average molecular weight is 341 g/mol. The molecule has 0 saturated carbocycles. The molecule has 0 unspecified atom stereocenters. The van der Waals surface area contributed by atoms with Crippen molar-refractivity contribution in [2.45, 2.75) is 58.3 Å². The molecule has 0 amide bonds. The maximum Gasteiger partial charge on any atom is 0 e. The van der Waals surface area contributed by atoms with Crippen LogP contribution in [-0.4, -0.2) is 0 Å². The van der Waals surface area contributed by atoms with Crippen molar-refractivity contribution in [3.05, 3.63) is 23.8 Å². The van der Waals surface area contributed by atoms with Crippen LogP contribution in [0.5, 0.6) is 0 Å². The minimum absolute atomic E-state index is 0. The molecular formula is C13H23Cl2Zr-. The zero-order valence-electron chi connectivity index (χ0n) is 10.1. The van der Waals surface area contributed by atoms with Gasteiger partial charge in [-0.2, -0.15) is 6.08 Å². The average Bonchev–Trinajstić information content (AvgIpc) is 2.63. The second-order valence-corrected chi connectivity index (χ2v) is 3.83. The Labute approximate surface area is 132 Å². The van der Waals surface area contributed by atoms with Crippen LogP contribution in [0.4, 0.5) is 0 Å². The molecule has 0 saturated heterocycles. The number of hydrogen-bond donors (Lipinski definition) is 0. The van der Waals surface area contributed by atoms with Crippen molar-refractivity contribution in [3.8, 4) is 0 Å². The van der Waals surface area contributed by atoms with E-state index in [9.17, 15) is 0 Å². The normalized spacial score (nSPS) is 12.2. The summed E-state index contributed by atoms with van der Waals surface area (Å²) in [5.74, 6) is 0. The van der Waals surface area contributed by atoms with Crippen LogP contribution < -0.4 is 0 Å². The van der Waals surface area contributed by atoms with Crippen LogP contribution in [-0.2, 0) is 26.2 Å². The molecule has 0 atom stereocenters. The van der Waals surface area contributed by atoms with Gasteiger partial charge in [-0.25, -0.2) is 11.6 Å². The predicted molar refractivity (Wildman–Crippen MR) is 73.0 cm³/mol. The number of hydrogen-bond acceptors (Lipinski definition) is 0. The Hall–Kier alpha value is 0.943. The second-order valence-electron chi connectivity index (χ2n) is 3.83. The van der Waals surface area contributed by atoms with Gasteiger partial charge in [0.1, 0.15) is 0 Å². The molecule has 0 aromatic carbocycles. The summed E-state index contributed by atoms with van der Waals surface area (Å²) in [6.07, 6.45) is 18.5. The third kappa shape index (κ3) is 11.4. The van der Waals surface area contributed by atoms with E-state index in [0.717, 1.165) is 6.42 Å². The zero-order valence-corrected chi connectivity index (χ0v) is 14.2. The van der Waals surface area contributed by atoms with Gasteiger partial charge in [-0.3, -0.25) is 6.08 Å². The Morgan fingerprint density at radius 1 is 1.06 bits per heavy atom. The molecule has 0 aromatic rings. The molecule has 0 N–H and O–H groups in total. The summed E-state index contributed by atoms with van der Waals surface area (Å²) in [6.45, 7) is 2.27. The maximum atomic E-state index is 3.36. The van der Waals surface area contributed by atoms with Gasteiger partial charge < -0.3 is 0 Å². The van der Waals surface area contributed by atoms with Gasteiger partial charge in [0.2, 0.25) is 0 Å². The second kappa shape index (κ2) is 15.9. The smallest absolute Gasteiger partial charge is 0 e. The van der Waals surface area contributed by atoms with E-state index in [4.69, 9.17) is 0 Å². The first-order valence-electron chi connectivity index (χ1n) is 5.69. The van der Waals surface area contributed by atoms with Gasteiger partial charge in [-0.05, 0) is 0 Å². The largest absolute Gasteiger partial charge is 0.269 e. The van der Waals surface area contributed by atoms with Crippen LogP contribution in [0.2, 0.25) is 0 Å². The van der Waals surface area contributed by atoms with Crippen LogP contribution in [0, 0.1) is 6.08 Å². The molecule has 16 heavy (non-hydrogen) atoms. The van der Waals surface area contributed by atoms with Crippen molar-refractivity contribution in [2.24, 2.45) is 0 Å². The molecule has 0 aromatic heterocycles. The zero-order chi connectivity index (χ0) is 9.36. The van der Waals surface area contributed by atoms with Gasteiger partial charge in [0, 0.05) is 26.2 Å². The molecule has 1 aliphatic carbocycles. The van der Waals surface area contributed by atoms with E-state index in [2.05, 4.69) is 25.2 Å². The van der Waals surface area contributed by atoms with Crippen molar-refractivity contribution in [1.29, 1.82) is 0 Å². The summed E-state index contributed by atoms with van der Waals surface area (Å²) in [5, 5.41) is 0. The molecule has 3 heteroatoms. The van der Waals surface area contributed by atoms with Crippen LogP contribution in [0.15, 0.2) is 17.7 Å². The third-order valence-electron chi connectivity index (χ3n) is 2.57. The molecule has 1 rings (SSSR count). The van der Waals surface area contributed by atoms with Crippen molar-refractivity contribution >= 4 is 24.8 Å². The monoisotopic (exact) mass is 339 g/mol. The minimum Gasteiger partial charge on any atom is -0.269 e. The van der Waals surface area contributed by atoms with Crippen LogP contribution in [0.3, 0.4) is 0 Å². The Kier molecular flexibility index (Phi) is 22.1. The number of unbranched alkanes of at least 4 members (excludes halogenated alkanes) is 5. The first kappa shape index (κ1) is 22.2. The van der Waals surface area contributed by atoms with E-state index < -0.39 is 0 Å². The van der Waals surface area contributed by atoms with Crippen LogP contribution in [0.1, 0.15) is 58.3 Å². The minimum atomic E-state index is 0. The fraction of sp³-hybridized carbons (Fsp3) is 0.692. The third-order valence-corrected chi connectivity index (χ3v) is 2.57. The molecule has 0 aliphatic heterocycles. The molecule has 0 fully saturated rings. The first-order chi connectivity index (χ1) is 6.43. The molecule has 0 radical (unpaired) electrons.